The summed E-state index contributed by atoms with van der Waals surface area (Å²) < 4.78 is 7.22. The van der Waals surface area contributed by atoms with Crippen molar-refractivity contribution in [3.63, 3.8) is 0 Å². The zero-order valence-electron chi connectivity index (χ0n) is 12.3. The Morgan fingerprint density at radius 1 is 1.29 bits per heavy atom. The van der Waals surface area contributed by atoms with E-state index in [2.05, 4.69) is 12.1 Å². The third-order valence-electron chi connectivity index (χ3n) is 4.00. The number of fused-ring (bicyclic) bond motifs is 1. The Morgan fingerprint density at radius 3 is 2.90 bits per heavy atom. The number of aromatic nitrogens is 1. The fourth-order valence-electron chi connectivity index (χ4n) is 2.90. The normalized spacial score (nSPS) is 13.2. The van der Waals surface area contributed by atoms with Crippen molar-refractivity contribution in [3.8, 4) is 0 Å². The third kappa shape index (κ3) is 2.79. The van der Waals surface area contributed by atoms with Gasteiger partial charge in [-0.05, 0) is 48.9 Å². The standard InChI is InChI=1S/C17H20N2O2/c1-2-19-10-15(18)9-16(19)17(20)21-11-12-6-7-13-4-3-5-14(13)8-12/h6-10H,2-5,11,18H2,1H3. The van der Waals surface area contributed by atoms with Gasteiger partial charge in [-0.1, -0.05) is 18.2 Å². The van der Waals surface area contributed by atoms with Gasteiger partial charge in [0.15, 0.2) is 0 Å². The van der Waals surface area contributed by atoms with Gasteiger partial charge in [0.2, 0.25) is 0 Å². The zero-order valence-corrected chi connectivity index (χ0v) is 12.3. The Bertz CT molecular complexity index is 673. The molecule has 0 spiro atoms. The van der Waals surface area contributed by atoms with Crippen molar-refractivity contribution in [1.29, 1.82) is 0 Å². The number of hydrogen-bond acceptors (Lipinski definition) is 3. The second-order valence-electron chi connectivity index (χ2n) is 5.48. The Hall–Kier alpha value is -2.23. The molecule has 1 aliphatic rings. The third-order valence-corrected chi connectivity index (χ3v) is 4.00. The van der Waals surface area contributed by atoms with Crippen molar-refractivity contribution in [2.75, 3.05) is 5.73 Å². The van der Waals surface area contributed by atoms with Crippen LogP contribution in [0.15, 0.2) is 30.5 Å². The number of anilines is 1. The first-order valence-electron chi connectivity index (χ1n) is 7.41. The summed E-state index contributed by atoms with van der Waals surface area (Å²) in [6, 6.07) is 8.01. The first-order chi connectivity index (χ1) is 10.2. The van der Waals surface area contributed by atoms with E-state index in [1.807, 2.05) is 13.0 Å². The van der Waals surface area contributed by atoms with Crippen molar-refractivity contribution in [1.82, 2.24) is 4.57 Å². The Balaban J connectivity index is 1.68. The predicted molar refractivity (Wildman–Crippen MR) is 82.1 cm³/mol. The summed E-state index contributed by atoms with van der Waals surface area (Å²) in [5, 5.41) is 0. The molecule has 0 bridgehead atoms. The quantitative estimate of drug-likeness (QED) is 0.878. The number of nitrogen functional groups attached to an aromatic ring is 1. The second-order valence-corrected chi connectivity index (χ2v) is 5.48. The van der Waals surface area contributed by atoms with Crippen molar-refractivity contribution >= 4 is 11.7 Å². The van der Waals surface area contributed by atoms with Crippen LogP contribution in [0.2, 0.25) is 0 Å². The summed E-state index contributed by atoms with van der Waals surface area (Å²) in [5.41, 5.74) is 10.7. The number of nitrogens with two attached hydrogens (primary N) is 1. The molecule has 0 amide bonds. The SMILES string of the molecule is CCn1cc(N)cc1C(=O)OCc1ccc2c(c1)CCC2. The van der Waals surface area contributed by atoms with Crippen LogP contribution in [0, 0.1) is 0 Å². The Labute approximate surface area is 124 Å². The van der Waals surface area contributed by atoms with Crippen LogP contribution in [0.4, 0.5) is 5.69 Å². The molecule has 0 saturated carbocycles. The molecule has 110 valence electrons. The topological polar surface area (TPSA) is 57.2 Å². The fraction of sp³-hybridized carbons (Fsp3) is 0.353. The lowest BCUT2D eigenvalue weighted by Gasteiger charge is -2.08. The number of ether oxygens (including phenoxy) is 1. The van der Waals surface area contributed by atoms with Crippen LogP contribution in [0.1, 0.15) is 40.5 Å². The van der Waals surface area contributed by atoms with Crippen LogP contribution in [0.5, 0.6) is 0 Å². The van der Waals surface area contributed by atoms with Crippen molar-refractivity contribution in [2.45, 2.75) is 39.3 Å². The largest absolute Gasteiger partial charge is 0.456 e. The molecule has 0 fully saturated rings. The van der Waals surface area contributed by atoms with E-state index in [1.165, 1.54) is 24.0 Å². The highest BCUT2D eigenvalue weighted by molar-refractivity contribution is 5.89. The zero-order chi connectivity index (χ0) is 14.8. The fourth-order valence-corrected chi connectivity index (χ4v) is 2.90. The lowest BCUT2D eigenvalue weighted by Crippen LogP contribution is -2.11. The van der Waals surface area contributed by atoms with Crippen LogP contribution in [0.25, 0.3) is 0 Å². The summed E-state index contributed by atoms with van der Waals surface area (Å²) in [5.74, 6) is -0.325. The highest BCUT2D eigenvalue weighted by Gasteiger charge is 2.15. The van der Waals surface area contributed by atoms with E-state index in [1.54, 1.807) is 16.8 Å². The number of carbonyl (C=O) groups is 1. The van der Waals surface area contributed by atoms with E-state index in [4.69, 9.17) is 10.5 Å². The van der Waals surface area contributed by atoms with Crippen molar-refractivity contribution in [2.24, 2.45) is 0 Å². The molecule has 0 saturated heterocycles. The maximum absolute atomic E-state index is 12.1. The minimum Gasteiger partial charge on any atom is -0.456 e. The van der Waals surface area contributed by atoms with E-state index in [-0.39, 0.29) is 5.97 Å². The molecule has 0 radical (unpaired) electrons. The van der Waals surface area contributed by atoms with Gasteiger partial charge in [-0.15, -0.1) is 0 Å². The first kappa shape index (κ1) is 13.7. The average molecular weight is 284 g/mol. The van der Waals surface area contributed by atoms with E-state index < -0.39 is 0 Å². The maximum atomic E-state index is 12.1. The molecule has 2 aromatic rings. The molecule has 0 atom stereocenters. The van der Waals surface area contributed by atoms with E-state index in [0.29, 0.717) is 24.5 Å². The van der Waals surface area contributed by atoms with E-state index >= 15 is 0 Å². The van der Waals surface area contributed by atoms with Crippen molar-refractivity contribution in [3.05, 3.63) is 52.8 Å². The van der Waals surface area contributed by atoms with Gasteiger partial charge in [-0.3, -0.25) is 0 Å². The number of esters is 1. The van der Waals surface area contributed by atoms with Gasteiger partial charge >= 0.3 is 5.97 Å². The molecule has 0 unspecified atom stereocenters. The van der Waals surface area contributed by atoms with Gasteiger partial charge in [0, 0.05) is 12.7 Å². The van der Waals surface area contributed by atoms with Crippen LogP contribution in [-0.4, -0.2) is 10.5 Å². The summed E-state index contributed by atoms with van der Waals surface area (Å²) >= 11 is 0. The maximum Gasteiger partial charge on any atom is 0.355 e. The number of rotatable bonds is 4. The van der Waals surface area contributed by atoms with Gasteiger partial charge < -0.3 is 15.0 Å². The predicted octanol–water partition coefficient (Wildman–Crippen LogP) is 2.94. The summed E-state index contributed by atoms with van der Waals surface area (Å²) in [6.07, 6.45) is 5.28. The molecule has 1 heterocycles. The first-order valence-corrected chi connectivity index (χ1v) is 7.41. The average Bonchev–Trinajstić information content (AvgIpc) is 3.09. The molecule has 1 aliphatic carbocycles. The van der Waals surface area contributed by atoms with Crippen LogP contribution in [-0.2, 0) is 30.7 Å². The van der Waals surface area contributed by atoms with Gasteiger partial charge in [0.05, 0.1) is 5.69 Å². The van der Waals surface area contributed by atoms with Gasteiger partial charge in [0.1, 0.15) is 12.3 Å². The Morgan fingerprint density at radius 2 is 2.10 bits per heavy atom. The van der Waals surface area contributed by atoms with E-state index in [9.17, 15) is 4.79 Å². The summed E-state index contributed by atoms with van der Waals surface area (Å²) in [4.78, 5) is 12.1. The lowest BCUT2D eigenvalue weighted by atomic mass is 10.1. The molecular formula is C17H20N2O2. The number of hydrogen-bond donors (Lipinski definition) is 1. The summed E-state index contributed by atoms with van der Waals surface area (Å²) in [7, 11) is 0. The highest BCUT2D eigenvalue weighted by atomic mass is 16.5. The van der Waals surface area contributed by atoms with E-state index in [0.717, 1.165) is 12.0 Å². The molecule has 2 N–H and O–H groups in total. The number of aryl methyl sites for hydroxylation is 3. The van der Waals surface area contributed by atoms with Crippen LogP contribution >= 0.6 is 0 Å². The van der Waals surface area contributed by atoms with Crippen LogP contribution < -0.4 is 5.73 Å². The minimum absolute atomic E-state index is 0.306. The monoisotopic (exact) mass is 284 g/mol. The Kier molecular flexibility index (Phi) is 3.69. The molecule has 1 aromatic carbocycles. The number of nitrogens with zero attached hydrogens (tertiary/aromatic N) is 1. The number of benzene rings is 1. The molecule has 21 heavy (non-hydrogen) atoms. The lowest BCUT2D eigenvalue weighted by molar-refractivity contribution is 0.0460. The number of carbonyl (C=O) groups excluding carboxylic acids is 1. The molecular weight excluding hydrogens is 264 g/mol. The highest BCUT2D eigenvalue weighted by Crippen LogP contribution is 2.23. The molecule has 4 nitrogen and oxygen atoms in total. The molecule has 3 rings (SSSR count). The van der Waals surface area contributed by atoms with Gasteiger partial charge in [-0.25, -0.2) is 4.79 Å². The minimum atomic E-state index is -0.325. The van der Waals surface area contributed by atoms with Crippen molar-refractivity contribution < 1.29 is 9.53 Å². The second kappa shape index (κ2) is 5.64. The molecule has 4 heteroatoms. The van der Waals surface area contributed by atoms with Gasteiger partial charge in [0.25, 0.3) is 0 Å². The smallest absolute Gasteiger partial charge is 0.355 e. The van der Waals surface area contributed by atoms with Gasteiger partial charge in [-0.2, -0.15) is 0 Å². The van der Waals surface area contributed by atoms with Crippen LogP contribution in [0.3, 0.4) is 0 Å². The molecule has 1 aromatic heterocycles. The molecule has 0 aliphatic heterocycles. The summed E-state index contributed by atoms with van der Waals surface area (Å²) in [6.45, 7) is 2.97.